The molecule has 0 N–H and O–H groups in total. The highest BCUT2D eigenvalue weighted by Gasteiger charge is 2.38. The molecule has 0 unspecified atom stereocenters. The summed E-state index contributed by atoms with van der Waals surface area (Å²) in [6.45, 7) is 1.63. The van der Waals surface area contributed by atoms with Crippen molar-refractivity contribution in [1.82, 2.24) is 0 Å². The van der Waals surface area contributed by atoms with Gasteiger partial charge in [-0.15, -0.1) is 0 Å². The second-order valence-corrected chi connectivity index (χ2v) is 6.66. The molecule has 0 bridgehead atoms. The molecule has 29 heavy (non-hydrogen) atoms. The highest BCUT2D eigenvalue weighted by Crippen LogP contribution is 2.40. The topological polar surface area (TPSA) is 80.5 Å². The number of rotatable bonds is 5. The zero-order valence-corrected chi connectivity index (χ0v) is 16.3. The van der Waals surface area contributed by atoms with Crippen LogP contribution in [0.25, 0.3) is 0 Å². The average Bonchev–Trinajstić information content (AvgIpc) is 2.63. The molecule has 0 fully saturated rings. The van der Waals surface area contributed by atoms with E-state index in [1.807, 2.05) is 0 Å². The number of imide groups is 1. The molecule has 0 aliphatic heterocycles. The van der Waals surface area contributed by atoms with E-state index in [4.69, 9.17) is 23.2 Å². The maximum atomic E-state index is 13.3. The van der Waals surface area contributed by atoms with E-state index in [-0.39, 0.29) is 12.8 Å². The Morgan fingerprint density at radius 2 is 1.69 bits per heavy atom. The van der Waals surface area contributed by atoms with Crippen LogP contribution in [0, 0.1) is 10.1 Å². The van der Waals surface area contributed by atoms with Crippen LogP contribution in [0.2, 0.25) is 10.0 Å². The van der Waals surface area contributed by atoms with Crippen molar-refractivity contribution in [3.63, 3.8) is 0 Å². The molecule has 6 nitrogen and oxygen atoms in total. The van der Waals surface area contributed by atoms with Crippen LogP contribution in [0.3, 0.4) is 0 Å². The first-order chi connectivity index (χ1) is 13.5. The predicted octanol–water partition coefficient (Wildman–Crippen LogP) is 5.89. The minimum absolute atomic E-state index is 0.191. The molecule has 0 radical (unpaired) electrons. The number of carbonyl (C=O) groups excluding carboxylic acids is 2. The number of hydrogen-bond acceptors (Lipinski definition) is 4. The Hall–Kier alpha value is -2.65. The standard InChI is InChI=1S/C18H13Cl2F3N2O4/c1-2-5-15(26)24(16-13(19)8-10(25(28)29)9-14(16)20)17(27)11-6-3-4-7-12(11)18(21,22)23/h3-4,6-9H,2,5H2,1H3. The molecule has 0 saturated carbocycles. The number of nitrogens with zero attached hydrogens (tertiary/aromatic N) is 2. The minimum atomic E-state index is -4.85. The maximum absolute atomic E-state index is 13.3. The van der Waals surface area contributed by atoms with E-state index >= 15 is 0 Å². The number of non-ortho nitro benzene ring substituents is 1. The van der Waals surface area contributed by atoms with Gasteiger partial charge in [-0.1, -0.05) is 42.3 Å². The number of amides is 2. The first-order valence-electron chi connectivity index (χ1n) is 8.16. The van der Waals surface area contributed by atoms with Crippen molar-refractivity contribution < 1.29 is 27.7 Å². The van der Waals surface area contributed by atoms with E-state index in [1.165, 1.54) is 6.07 Å². The lowest BCUT2D eigenvalue weighted by Crippen LogP contribution is -2.38. The predicted molar refractivity (Wildman–Crippen MR) is 101 cm³/mol. The van der Waals surface area contributed by atoms with Gasteiger partial charge in [-0.05, 0) is 18.6 Å². The van der Waals surface area contributed by atoms with Crippen LogP contribution in [-0.2, 0) is 11.0 Å². The van der Waals surface area contributed by atoms with Crippen LogP contribution in [-0.4, -0.2) is 16.7 Å². The van der Waals surface area contributed by atoms with Crippen molar-refractivity contribution in [2.75, 3.05) is 4.90 Å². The Balaban J connectivity index is 2.70. The SMILES string of the molecule is CCCC(=O)N(C(=O)c1ccccc1C(F)(F)F)c1c(Cl)cc([N+](=O)[O-])cc1Cl. The zero-order chi connectivity index (χ0) is 21.9. The minimum Gasteiger partial charge on any atom is -0.274 e. The van der Waals surface area contributed by atoms with E-state index in [9.17, 15) is 32.9 Å². The Morgan fingerprint density at radius 3 is 2.17 bits per heavy atom. The smallest absolute Gasteiger partial charge is 0.274 e. The van der Waals surface area contributed by atoms with Crippen molar-refractivity contribution in [2.45, 2.75) is 25.9 Å². The normalized spacial score (nSPS) is 11.2. The largest absolute Gasteiger partial charge is 0.417 e. The lowest BCUT2D eigenvalue weighted by atomic mass is 10.0. The molecule has 0 aromatic heterocycles. The lowest BCUT2D eigenvalue weighted by Gasteiger charge is -2.24. The number of nitro benzene ring substituents is 1. The molecule has 2 amide bonds. The first kappa shape index (κ1) is 22.6. The molecule has 0 atom stereocenters. The summed E-state index contributed by atoms with van der Waals surface area (Å²) < 4.78 is 40.0. The van der Waals surface area contributed by atoms with Crippen LogP contribution in [0.5, 0.6) is 0 Å². The van der Waals surface area contributed by atoms with Crippen molar-refractivity contribution in [1.29, 1.82) is 0 Å². The molecule has 2 aromatic rings. The van der Waals surface area contributed by atoms with E-state index < -0.39 is 55.5 Å². The third kappa shape index (κ3) is 4.86. The van der Waals surface area contributed by atoms with Gasteiger partial charge in [0.25, 0.3) is 11.6 Å². The number of anilines is 1. The molecule has 0 aliphatic carbocycles. The second-order valence-electron chi connectivity index (χ2n) is 5.84. The monoisotopic (exact) mass is 448 g/mol. The van der Waals surface area contributed by atoms with Gasteiger partial charge in [0.2, 0.25) is 5.91 Å². The van der Waals surface area contributed by atoms with Gasteiger partial charge in [0.1, 0.15) is 0 Å². The van der Waals surface area contributed by atoms with Crippen molar-refractivity contribution in [3.05, 3.63) is 67.7 Å². The maximum Gasteiger partial charge on any atom is 0.417 e. The number of hydrogen-bond donors (Lipinski definition) is 0. The summed E-state index contributed by atoms with van der Waals surface area (Å²) in [6.07, 6.45) is -4.76. The van der Waals surface area contributed by atoms with Crippen LogP contribution in [0.1, 0.15) is 35.7 Å². The van der Waals surface area contributed by atoms with E-state index in [0.29, 0.717) is 11.0 Å². The van der Waals surface area contributed by atoms with Gasteiger partial charge in [0.05, 0.1) is 31.8 Å². The molecule has 154 valence electrons. The van der Waals surface area contributed by atoms with Gasteiger partial charge in [0, 0.05) is 18.6 Å². The van der Waals surface area contributed by atoms with Gasteiger partial charge in [0.15, 0.2) is 0 Å². The fourth-order valence-electron chi connectivity index (χ4n) is 2.57. The number of alkyl halides is 3. The fraction of sp³-hybridized carbons (Fsp3) is 0.222. The highest BCUT2D eigenvalue weighted by molar-refractivity contribution is 6.42. The first-order valence-corrected chi connectivity index (χ1v) is 8.91. The van der Waals surface area contributed by atoms with Crippen molar-refractivity contribution in [3.8, 4) is 0 Å². The fourth-order valence-corrected chi connectivity index (χ4v) is 3.22. The Kier molecular flexibility index (Phi) is 6.86. The molecular weight excluding hydrogens is 436 g/mol. The summed E-state index contributed by atoms with van der Waals surface area (Å²) in [5.74, 6) is -2.15. The van der Waals surface area contributed by atoms with Crippen LogP contribution in [0.4, 0.5) is 24.5 Å². The molecule has 2 aromatic carbocycles. The van der Waals surface area contributed by atoms with Gasteiger partial charge >= 0.3 is 6.18 Å². The van der Waals surface area contributed by atoms with Gasteiger partial charge in [-0.3, -0.25) is 19.7 Å². The molecule has 0 saturated heterocycles. The van der Waals surface area contributed by atoms with Crippen molar-refractivity contribution >= 4 is 46.4 Å². The van der Waals surface area contributed by atoms with Crippen LogP contribution < -0.4 is 4.90 Å². The number of benzene rings is 2. The molecule has 11 heteroatoms. The van der Waals surface area contributed by atoms with Crippen LogP contribution >= 0.6 is 23.2 Å². The highest BCUT2D eigenvalue weighted by atomic mass is 35.5. The average molecular weight is 449 g/mol. The number of nitro groups is 1. The third-order valence-corrected chi connectivity index (χ3v) is 4.39. The summed E-state index contributed by atoms with van der Waals surface area (Å²) in [5, 5.41) is 10.1. The Morgan fingerprint density at radius 1 is 1.14 bits per heavy atom. The molecular formula is C18H13Cl2F3N2O4. The van der Waals surface area contributed by atoms with Crippen LogP contribution in [0.15, 0.2) is 36.4 Å². The summed E-state index contributed by atoms with van der Waals surface area (Å²) in [4.78, 5) is 36.2. The molecule has 0 spiro atoms. The van der Waals surface area contributed by atoms with Crippen molar-refractivity contribution in [2.24, 2.45) is 0 Å². The Bertz CT molecular complexity index is 957. The molecule has 0 aliphatic rings. The third-order valence-electron chi connectivity index (χ3n) is 3.82. The summed E-state index contributed by atoms with van der Waals surface area (Å²) in [5.41, 5.74) is -2.95. The summed E-state index contributed by atoms with van der Waals surface area (Å²) in [7, 11) is 0. The van der Waals surface area contributed by atoms with E-state index in [1.54, 1.807) is 6.92 Å². The summed E-state index contributed by atoms with van der Waals surface area (Å²) >= 11 is 12.0. The van der Waals surface area contributed by atoms with E-state index in [2.05, 4.69) is 0 Å². The van der Waals surface area contributed by atoms with Gasteiger partial charge in [-0.2, -0.15) is 13.2 Å². The zero-order valence-electron chi connectivity index (χ0n) is 14.8. The second kappa shape index (κ2) is 8.79. The quantitative estimate of drug-likeness (QED) is 0.421. The number of carbonyl (C=O) groups is 2. The van der Waals surface area contributed by atoms with Gasteiger partial charge in [-0.25, -0.2) is 4.90 Å². The molecule has 2 rings (SSSR count). The Labute approximate surface area is 173 Å². The van der Waals surface area contributed by atoms with E-state index in [0.717, 1.165) is 24.3 Å². The number of halogens is 5. The van der Waals surface area contributed by atoms with Gasteiger partial charge < -0.3 is 0 Å². The molecule has 0 heterocycles. The lowest BCUT2D eigenvalue weighted by molar-refractivity contribution is -0.384. The summed E-state index contributed by atoms with van der Waals surface area (Å²) in [6, 6.07) is 5.66.